The number of rotatable bonds is 16. The van der Waals surface area contributed by atoms with Crippen molar-refractivity contribution in [1.82, 2.24) is 0 Å². The zero-order valence-electron chi connectivity index (χ0n) is 23.8. The quantitative estimate of drug-likeness (QED) is 0.121. The van der Waals surface area contributed by atoms with Crippen LogP contribution in [0.25, 0.3) is 0 Å². The van der Waals surface area contributed by atoms with Crippen molar-refractivity contribution in [3.63, 3.8) is 0 Å². The highest BCUT2D eigenvalue weighted by atomic mass is 17.2. The normalized spacial score (nSPS) is 21.1. The summed E-state index contributed by atoms with van der Waals surface area (Å²) in [6, 6.07) is 0. The minimum absolute atomic E-state index is 0.0249. The van der Waals surface area contributed by atoms with Gasteiger partial charge < -0.3 is 0 Å². The van der Waals surface area contributed by atoms with Gasteiger partial charge in [0.2, 0.25) is 0 Å². The van der Waals surface area contributed by atoms with Gasteiger partial charge in [0.05, 0.1) is 5.92 Å². The zero-order chi connectivity index (χ0) is 26.3. The standard InChI is InChI=1S/C29H54O6/c1-8-9-18-24-21-20-23(22-25(24)27(31)33-35-29(5,6)7)17-15-13-11-10-12-14-16-19-26(30)32-34-28(2,3)4/h23-25H,8-22H2,1-7H3. The Hall–Kier alpha value is -1.14. The first kappa shape index (κ1) is 31.9. The second kappa shape index (κ2) is 16.6. The first-order valence-corrected chi connectivity index (χ1v) is 14.2. The van der Waals surface area contributed by atoms with Gasteiger partial charge in [0, 0.05) is 6.42 Å². The number of carbonyl (C=O) groups excluding carboxylic acids is 2. The van der Waals surface area contributed by atoms with Gasteiger partial charge in [0.25, 0.3) is 0 Å². The van der Waals surface area contributed by atoms with E-state index in [2.05, 4.69) is 6.92 Å². The topological polar surface area (TPSA) is 71.1 Å². The lowest BCUT2D eigenvalue weighted by molar-refractivity contribution is -0.324. The van der Waals surface area contributed by atoms with Crippen LogP contribution in [0.4, 0.5) is 0 Å². The van der Waals surface area contributed by atoms with Crippen molar-refractivity contribution in [2.75, 3.05) is 0 Å². The van der Waals surface area contributed by atoms with E-state index in [1.165, 1.54) is 44.9 Å². The molecule has 3 atom stereocenters. The van der Waals surface area contributed by atoms with Crippen molar-refractivity contribution in [3.05, 3.63) is 0 Å². The fourth-order valence-electron chi connectivity index (χ4n) is 4.71. The Bertz CT molecular complexity index is 589. The molecule has 0 saturated heterocycles. The fourth-order valence-corrected chi connectivity index (χ4v) is 4.71. The van der Waals surface area contributed by atoms with Crippen LogP contribution in [0.1, 0.15) is 145 Å². The van der Waals surface area contributed by atoms with Gasteiger partial charge in [-0.25, -0.2) is 9.59 Å². The van der Waals surface area contributed by atoms with Crippen molar-refractivity contribution in [2.45, 2.75) is 156 Å². The molecule has 3 unspecified atom stereocenters. The lowest BCUT2D eigenvalue weighted by atomic mass is 9.71. The Morgan fingerprint density at radius 3 is 1.89 bits per heavy atom. The van der Waals surface area contributed by atoms with E-state index in [0.29, 0.717) is 18.3 Å². The van der Waals surface area contributed by atoms with E-state index in [9.17, 15) is 9.59 Å². The molecule has 206 valence electrons. The van der Waals surface area contributed by atoms with Gasteiger partial charge in [-0.2, -0.15) is 9.78 Å². The van der Waals surface area contributed by atoms with Crippen LogP contribution in [0.3, 0.4) is 0 Å². The predicted molar refractivity (Wildman–Crippen MR) is 139 cm³/mol. The van der Waals surface area contributed by atoms with Gasteiger partial charge in [-0.1, -0.05) is 71.1 Å². The Morgan fingerprint density at radius 2 is 1.29 bits per heavy atom. The SMILES string of the molecule is CCCCC1CCC(CCCCCCCCCC(=O)OOC(C)(C)C)CC1C(=O)OOC(C)(C)C. The molecule has 0 aromatic carbocycles. The van der Waals surface area contributed by atoms with Gasteiger partial charge in [-0.3, -0.25) is 9.78 Å². The van der Waals surface area contributed by atoms with Gasteiger partial charge >= 0.3 is 11.9 Å². The van der Waals surface area contributed by atoms with Crippen LogP contribution in [0, 0.1) is 17.8 Å². The Labute approximate surface area is 215 Å². The fraction of sp³-hybridized carbons (Fsp3) is 0.931. The molecular formula is C29H54O6. The third kappa shape index (κ3) is 16.3. The van der Waals surface area contributed by atoms with E-state index >= 15 is 0 Å². The zero-order valence-corrected chi connectivity index (χ0v) is 23.8. The number of unbranched alkanes of at least 4 members (excludes halogenated alkanes) is 7. The molecule has 1 saturated carbocycles. The summed E-state index contributed by atoms with van der Waals surface area (Å²) in [4.78, 5) is 44.9. The van der Waals surface area contributed by atoms with Crippen molar-refractivity contribution in [3.8, 4) is 0 Å². The molecule has 1 aliphatic rings. The second-order valence-electron chi connectivity index (χ2n) is 12.5. The number of hydrogen-bond donors (Lipinski definition) is 0. The average molecular weight is 499 g/mol. The molecule has 0 spiro atoms. The lowest BCUT2D eigenvalue weighted by Crippen LogP contribution is -2.34. The molecule has 1 fully saturated rings. The predicted octanol–water partition coefficient (Wildman–Crippen LogP) is 8.27. The van der Waals surface area contributed by atoms with Crippen molar-refractivity contribution in [2.24, 2.45) is 17.8 Å². The van der Waals surface area contributed by atoms with E-state index in [0.717, 1.165) is 44.9 Å². The molecule has 1 aliphatic carbocycles. The van der Waals surface area contributed by atoms with Crippen LogP contribution in [0.2, 0.25) is 0 Å². The van der Waals surface area contributed by atoms with Crippen molar-refractivity contribution < 1.29 is 29.1 Å². The van der Waals surface area contributed by atoms with E-state index in [1.807, 2.05) is 41.5 Å². The molecule has 6 heteroatoms. The highest BCUT2D eigenvalue weighted by Gasteiger charge is 2.36. The molecule has 6 nitrogen and oxygen atoms in total. The van der Waals surface area contributed by atoms with E-state index in [-0.39, 0.29) is 17.9 Å². The molecule has 0 aliphatic heterocycles. The smallest absolute Gasteiger partial charge is 0.298 e. The average Bonchev–Trinajstić information content (AvgIpc) is 2.78. The Balaban J connectivity index is 2.21. The molecule has 0 bridgehead atoms. The maximum absolute atomic E-state index is 12.8. The summed E-state index contributed by atoms with van der Waals surface area (Å²) in [6.07, 6.45) is 16.3. The summed E-state index contributed by atoms with van der Waals surface area (Å²) in [5.41, 5.74) is -0.943. The monoisotopic (exact) mass is 498 g/mol. The lowest BCUT2D eigenvalue weighted by Gasteiger charge is -2.35. The summed E-state index contributed by atoms with van der Waals surface area (Å²) in [7, 11) is 0. The first-order chi connectivity index (χ1) is 16.4. The molecule has 0 amide bonds. The van der Waals surface area contributed by atoms with Crippen LogP contribution in [0.5, 0.6) is 0 Å². The molecule has 1 rings (SSSR count). The number of hydrogen-bond acceptors (Lipinski definition) is 6. The van der Waals surface area contributed by atoms with Crippen LogP contribution < -0.4 is 0 Å². The highest BCUT2D eigenvalue weighted by molar-refractivity contribution is 5.72. The largest absolute Gasteiger partial charge is 0.345 e. The molecule has 0 heterocycles. The van der Waals surface area contributed by atoms with Crippen LogP contribution >= 0.6 is 0 Å². The van der Waals surface area contributed by atoms with Crippen LogP contribution in [-0.4, -0.2) is 23.1 Å². The van der Waals surface area contributed by atoms with Gasteiger partial charge in [0.15, 0.2) is 0 Å². The Morgan fingerprint density at radius 1 is 0.714 bits per heavy atom. The molecule has 35 heavy (non-hydrogen) atoms. The molecule has 0 aromatic rings. The summed E-state index contributed by atoms with van der Waals surface area (Å²) in [5, 5.41) is 0. The molecule has 0 N–H and O–H groups in total. The maximum atomic E-state index is 12.8. The van der Waals surface area contributed by atoms with E-state index in [4.69, 9.17) is 19.6 Å². The summed E-state index contributed by atoms with van der Waals surface area (Å²) < 4.78 is 0. The first-order valence-electron chi connectivity index (χ1n) is 14.2. The maximum Gasteiger partial charge on any atom is 0.345 e. The molecule has 0 aromatic heterocycles. The van der Waals surface area contributed by atoms with Crippen LogP contribution in [-0.2, 0) is 29.1 Å². The van der Waals surface area contributed by atoms with Gasteiger partial charge in [0.1, 0.15) is 11.2 Å². The minimum Gasteiger partial charge on any atom is -0.298 e. The molecule has 0 radical (unpaired) electrons. The summed E-state index contributed by atoms with van der Waals surface area (Å²) in [5.74, 6) is 0.570. The number of carbonyl (C=O) groups is 2. The summed E-state index contributed by atoms with van der Waals surface area (Å²) >= 11 is 0. The minimum atomic E-state index is -0.480. The van der Waals surface area contributed by atoms with Crippen molar-refractivity contribution >= 4 is 11.9 Å². The Kier molecular flexibility index (Phi) is 15.1. The molecular weight excluding hydrogens is 444 g/mol. The third-order valence-corrected chi connectivity index (χ3v) is 6.58. The third-order valence-electron chi connectivity index (χ3n) is 6.58. The van der Waals surface area contributed by atoms with Crippen LogP contribution in [0.15, 0.2) is 0 Å². The van der Waals surface area contributed by atoms with E-state index in [1.54, 1.807) is 0 Å². The summed E-state index contributed by atoms with van der Waals surface area (Å²) in [6.45, 7) is 13.5. The van der Waals surface area contributed by atoms with E-state index < -0.39 is 11.2 Å². The second-order valence-corrected chi connectivity index (χ2v) is 12.5. The highest BCUT2D eigenvalue weighted by Crippen LogP contribution is 2.40. The van der Waals surface area contributed by atoms with Gasteiger partial charge in [-0.05, 0) is 79.1 Å². The van der Waals surface area contributed by atoms with Crippen molar-refractivity contribution in [1.29, 1.82) is 0 Å². The van der Waals surface area contributed by atoms with Gasteiger partial charge in [-0.15, -0.1) is 0 Å².